The minimum absolute atomic E-state index is 0.175. The fraction of sp³-hybridized carbons (Fsp3) is 0.625. The van der Waals surface area contributed by atoms with Crippen molar-refractivity contribution in [1.29, 1.82) is 0 Å². The maximum atomic E-state index is 12.9. The second kappa shape index (κ2) is 6.56. The molecule has 2 aliphatic rings. The molecule has 0 aromatic heterocycles. The summed E-state index contributed by atoms with van der Waals surface area (Å²) in [6.45, 7) is 1.77. The first kappa shape index (κ1) is 15.8. The van der Waals surface area contributed by atoms with Gasteiger partial charge in [0.1, 0.15) is 5.75 Å². The summed E-state index contributed by atoms with van der Waals surface area (Å²) < 4.78 is 34.4. The molecule has 0 radical (unpaired) electrons. The minimum atomic E-state index is -3.34. The van der Waals surface area contributed by atoms with Gasteiger partial charge in [0.2, 0.25) is 0 Å². The van der Waals surface area contributed by atoms with Crippen LogP contribution in [0.2, 0.25) is 0 Å². The smallest absolute Gasteiger partial charge is 0.282 e. The van der Waals surface area contributed by atoms with Gasteiger partial charge in [0.25, 0.3) is 10.2 Å². The maximum absolute atomic E-state index is 12.9. The molecule has 0 unspecified atom stereocenters. The van der Waals surface area contributed by atoms with Gasteiger partial charge in [-0.25, -0.2) is 0 Å². The molecule has 0 atom stereocenters. The Balaban J connectivity index is 1.76. The molecule has 6 heteroatoms. The van der Waals surface area contributed by atoms with E-state index in [4.69, 9.17) is 4.74 Å². The highest BCUT2D eigenvalue weighted by molar-refractivity contribution is 7.86. The van der Waals surface area contributed by atoms with Crippen molar-refractivity contribution < 1.29 is 13.2 Å². The van der Waals surface area contributed by atoms with E-state index in [1.54, 1.807) is 15.7 Å². The Hall–Kier alpha value is -1.11. The lowest BCUT2D eigenvalue weighted by atomic mass is 10.2. The molecule has 1 heterocycles. The Bertz CT molecular complexity index is 590. The summed E-state index contributed by atoms with van der Waals surface area (Å²) in [6, 6.07) is 7.83. The lowest BCUT2D eigenvalue weighted by Gasteiger charge is -2.32. The predicted molar refractivity (Wildman–Crippen MR) is 85.9 cm³/mol. The van der Waals surface area contributed by atoms with Gasteiger partial charge in [-0.15, -0.1) is 0 Å². The quantitative estimate of drug-likeness (QED) is 0.807. The number of benzene rings is 1. The molecular formula is C16H24N2O3S. The second-order valence-electron chi connectivity index (χ2n) is 6.09. The van der Waals surface area contributed by atoms with Crippen LogP contribution in [0.25, 0.3) is 0 Å². The number of methoxy groups -OCH3 is 1. The van der Waals surface area contributed by atoms with Gasteiger partial charge in [0.05, 0.1) is 7.11 Å². The molecule has 0 bridgehead atoms. The number of hydrogen-bond acceptors (Lipinski definition) is 3. The second-order valence-corrected chi connectivity index (χ2v) is 7.97. The van der Waals surface area contributed by atoms with Gasteiger partial charge in [-0.3, -0.25) is 0 Å². The van der Waals surface area contributed by atoms with E-state index in [-0.39, 0.29) is 6.04 Å². The van der Waals surface area contributed by atoms with Gasteiger partial charge in [0, 0.05) is 25.7 Å². The van der Waals surface area contributed by atoms with E-state index in [0.717, 1.165) is 43.4 Å². The fourth-order valence-corrected chi connectivity index (χ4v) is 4.83. The first-order valence-corrected chi connectivity index (χ1v) is 9.41. The third-order valence-corrected chi connectivity index (χ3v) is 6.43. The molecule has 1 aromatic carbocycles. The zero-order valence-corrected chi connectivity index (χ0v) is 13.9. The summed E-state index contributed by atoms with van der Waals surface area (Å²) in [5, 5.41) is 0. The Morgan fingerprint density at radius 2 is 1.77 bits per heavy atom. The predicted octanol–water partition coefficient (Wildman–Crippen LogP) is 2.39. The highest BCUT2D eigenvalue weighted by Gasteiger charge is 2.40. The van der Waals surface area contributed by atoms with E-state index in [2.05, 4.69) is 0 Å². The van der Waals surface area contributed by atoms with Crippen LogP contribution in [0.5, 0.6) is 5.75 Å². The van der Waals surface area contributed by atoms with E-state index in [9.17, 15) is 8.42 Å². The molecule has 3 rings (SSSR count). The molecule has 1 aromatic rings. The van der Waals surface area contributed by atoms with Gasteiger partial charge in [-0.05, 0) is 43.4 Å². The van der Waals surface area contributed by atoms with Crippen molar-refractivity contribution in [2.75, 3.05) is 20.2 Å². The average molecular weight is 324 g/mol. The third-order valence-electron chi connectivity index (χ3n) is 4.39. The summed E-state index contributed by atoms with van der Waals surface area (Å²) in [5.74, 6) is 0.792. The molecule has 22 heavy (non-hydrogen) atoms. The summed E-state index contributed by atoms with van der Waals surface area (Å²) >= 11 is 0. The minimum Gasteiger partial charge on any atom is -0.497 e. The van der Waals surface area contributed by atoms with Crippen LogP contribution in [-0.4, -0.2) is 43.3 Å². The van der Waals surface area contributed by atoms with Crippen molar-refractivity contribution in [2.24, 2.45) is 0 Å². The summed E-state index contributed by atoms with van der Waals surface area (Å²) in [7, 11) is -1.71. The van der Waals surface area contributed by atoms with Crippen LogP contribution in [0, 0.1) is 0 Å². The SMILES string of the molecule is COc1ccc(CN(C2CC2)S(=O)(=O)N2CCCCC2)cc1. The normalized spacial score (nSPS) is 20.3. The van der Waals surface area contributed by atoms with Crippen LogP contribution in [-0.2, 0) is 16.8 Å². The molecule has 0 spiro atoms. The monoisotopic (exact) mass is 324 g/mol. The van der Waals surface area contributed by atoms with E-state index < -0.39 is 10.2 Å². The summed E-state index contributed by atoms with van der Waals surface area (Å²) in [6.07, 6.45) is 5.03. The van der Waals surface area contributed by atoms with Gasteiger partial charge >= 0.3 is 0 Å². The highest BCUT2D eigenvalue weighted by Crippen LogP contribution is 2.33. The summed E-state index contributed by atoms with van der Waals surface area (Å²) in [4.78, 5) is 0. The first-order chi connectivity index (χ1) is 10.6. The molecule has 1 saturated carbocycles. The van der Waals surface area contributed by atoms with Crippen LogP contribution < -0.4 is 4.74 Å². The van der Waals surface area contributed by atoms with Gasteiger partial charge in [-0.2, -0.15) is 17.0 Å². The van der Waals surface area contributed by atoms with E-state index >= 15 is 0 Å². The number of rotatable bonds is 6. The topological polar surface area (TPSA) is 49.9 Å². The standard InChI is InChI=1S/C16H24N2O3S/c1-21-16-9-5-14(6-10-16)13-18(15-7-8-15)22(19,20)17-11-3-2-4-12-17/h5-6,9-10,15H,2-4,7-8,11-13H2,1H3. The molecular weight excluding hydrogens is 300 g/mol. The number of hydrogen-bond donors (Lipinski definition) is 0. The van der Waals surface area contributed by atoms with E-state index in [1.807, 2.05) is 24.3 Å². The van der Waals surface area contributed by atoms with Crippen molar-refractivity contribution in [3.05, 3.63) is 29.8 Å². The lowest BCUT2D eigenvalue weighted by molar-refractivity contribution is 0.296. The zero-order chi connectivity index (χ0) is 15.6. The van der Waals surface area contributed by atoms with Crippen LogP contribution in [0.15, 0.2) is 24.3 Å². The molecule has 2 fully saturated rings. The molecule has 0 N–H and O–H groups in total. The molecule has 122 valence electrons. The average Bonchev–Trinajstić information content (AvgIpc) is 3.38. The Kier molecular flexibility index (Phi) is 4.70. The Morgan fingerprint density at radius 1 is 1.14 bits per heavy atom. The van der Waals surface area contributed by atoms with Crippen LogP contribution in [0.3, 0.4) is 0 Å². The molecule has 5 nitrogen and oxygen atoms in total. The van der Waals surface area contributed by atoms with Gasteiger partial charge < -0.3 is 4.74 Å². The van der Waals surface area contributed by atoms with Crippen molar-refractivity contribution >= 4 is 10.2 Å². The number of nitrogens with zero attached hydrogens (tertiary/aromatic N) is 2. The molecule has 1 saturated heterocycles. The zero-order valence-electron chi connectivity index (χ0n) is 13.1. The van der Waals surface area contributed by atoms with Gasteiger partial charge in [0.15, 0.2) is 0 Å². The maximum Gasteiger partial charge on any atom is 0.282 e. The molecule has 1 aliphatic carbocycles. The molecule has 1 aliphatic heterocycles. The van der Waals surface area contributed by atoms with Gasteiger partial charge in [-0.1, -0.05) is 18.6 Å². The molecule has 0 amide bonds. The number of ether oxygens (including phenoxy) is 1. The highest BCUT2D eigenvalue weighted by atomic mass is 32.2. The summed E-state index contributed by atoms with van der Waals surface area (Å²) in [5.41, 5.74) is 1.01. The first-order valence-electron chi connectivity index (χ1n) is 8.01. The van der Waals surface area contributed by atoms with Crippen molar-refractivity contribution in [3.8, 4) is 5.75 Å². The lowest BCUT2D eigenvalue weighted by Crippen LogP contribution is -2.46. The van der Waals surface area contributed by atoms with E-state index in [0.29, 0.717) is 19.6 Å². The largest absolute Gasteiger partial charge is 0.497 e. The van der Waals surface area contributed by atoms with Crippen molar-refractivity contribution in [3.63, 3.8) is 0 Å². The Morgan fingerprint density at radius 3 is 2.32 bits per heavy atom. The van der Waals surface area contributed by atoms with Crippen LogP contribution >= 0.6 is 0 Å². The third kappa shape index (κ3) is 3.45. The van der Waals surface area contributed by atoms with Crippen LogP contribution in [0.4, 0.5) is 0 Å². The van der Waals surface area contributed by atoms with Crippen molar-refractivity contribution in [2.45, 2.75) is 44.7 Å². The fourth-order valence-electron chi connectivity index (χ4n) is 2.92. The van der Waals surface area contributed by atoms with Crippen molar-refractivity contribution in [1.82, 2.24) is 8.61 Å². The Labute approximate surface area is 133 Å². The van der Waals surface area contributed by atoms with Crippen LogP contribution in [0.1, 0.15) is 37.7 Å². The van der Waals surface area contributed by atoms with E-state index in [1.165, 1.54) is 0 Å². The number of piperidine rings is 1.